The lowest BCUT2D eigenvalue weighted by Gasteiger charge is -2.29. The Morgan fingerprint density at radius 3 is 2.73 bits per heavy atom. The van der Waals surface area contributed by atoms with Crippen molar-refractivity contribution in [3.8, 4) is 5.75 Å². The molecular formula is C28H33BrN4O3S. The van der Waals surface area contributed by atoms with Gasteiger partial charge in [0.2, 0.25) is 11.1 Å². The Bertz CT molecular complexity index is 1300. The number of halogens is 1. The number of thioether (sulfide) groups is 1. The number of hydrogen-bond donors (Lipinski definition) is 1. The quantitative estimate of drug-likeness (QED) is 0.155. The standard InChI is InChI=1S/C28H33BrN4O3S/c1-6-7-14-37-28-31-27-30-19(5)24(26(34)36-17(2)3)25(33(27)32-28)22-15-21(29)12-13-23(22)35-16-20-11-9-8-10-18(20)4/h8-13,15,17,25H,6-7,14,16H2,1-5H3,(H,30,31,32). The topological polar surface area (TPSA) is 78.3 Å². The summed E-state index contributed by atoms with van der Waals surface area (Å²) in [7, 11) is 0. The molecule has 0 amide bonds. The van der Waals surface area contributed by atoms with E-state index in [9.17, 15) is 4.79 Å². The lowest BCUT2D eigenvalue weighted by molar-refractivity contribution is -0.143. The average molecular weight is 586 g/mol. The van der Waals surface area contributed by atoms with Gasteiger partial charge in [-0.3, -0.25) is 0 Å². The molecule has 4 rings (SSSR count). The number of ether oxygens (including phenoxy) is 2. The third kappa shape index (κ3) is 6.38. The number of aromatic nitrogens is 3. The summed E-state index contributed by atoms with van der Waals surface area (Å²) >= 11 is 5.23. The van der Waals surface area contributed by atoms with Crippen molar-refractivity contribution in [2.75, 3.05) is 11.1 Å². The van der Waals surface area contributed by atoms with E-state index in [1.54, 1.807) is 16.4 Å². The number of carbonyl (C=O) groups is 1. The highest BCUT2D eigenvalue weighted by Gasteiger charge is 2.37. The van der Waals surface area contributed by atoms with Crippen LogP contribution in [-0.2, 0) is 16.1 Å². The SMILES string of the molecule is CCCCSc1nc2n(n1)C(c1cc(Br)ccc1OCc1ccccc1C)C(C(=O)OC(C)C)=C(C)N2. The molecule has 7 nitrogen and oxygen atoms in total. The molecule has 1 aromatic heterocycles. The Balaban J connectivity index is 1.79. The van der Waals surface area contributed by atoms with Gasteiger partial charge in [-0.2, -0.15) is 4.98 Å². The molecule has 0 saturated heterocycles. The molecule has 0 saturated carbocycles. The lowest BCUT2D eigenvalue weighted by atomic mass is 9.95. The molecule has 0 bridgehead atoms. The number of esters is 1. The third-order valence-corrected chi connectivity index (χ3v) is 7.45. The molecule has 9 heteroatoms. The minimum absolute atomic E-state index is 0.259. The number of benzene rings is 2. The largest absolute Gasteiger partial charge is 0.489 e. The first-order chi connectivity index (χ1) is 17.8. The smallest absolute Gasteiger partial charge is 0.338 e. The summed E-state index contributed by atoms with van der Waals surface area (Å²) in [6, 6.07) is 13.4. The zero-order valence-corrected chi connectivity index (χ0v) is 24.3. The fourth-order valence-corrected chi connectivity index (χ4v) is 5.41. The van der Waals surface area contributed by atoms with Gasteiger partial charge in [0.25, 0.3) is 0 Å². The number of nitrogens with zero attached hydrogens (tertiary/aromatic N) is 3. The van der Waals surface area contributed by atoms with Crippen molar-refractivity contribution in [3.63, 3.8) is 0 Å². The van der Waals surface area contributed by atoms with Crippen LogP contribution in [0.15, 0.2) is 63.4 Å². The first kappa shape index (κ1) is 27.3. The molecule has 2 heterocycles. The molecular weight excluding hydrogens is 552 g/mol. The van der Waals surface area contributed by atoms with Crippen molar-refractivity contribution in [2.45, 2.75) is 71.4 Å². The van der Waals surface area contributed by atoms with Gasteiger partial charge in [-0.1, -0.05) is 65.3 Å². The van der Waals surface area contributed by atoms with Crippen LogP contribution < -0.4 is 10.1 Å². The predicted molar refractivity (Wildman–Crippen MR) is 151 cm³/mol. The van der Waals surface area contributed by atoms with Crippen molar-refractivity contribution in [3.05, 3.63) is 74.9 Å². The van der Waals surface area contributed by atoms with Crippen molar-refractivity contribution in [1.82, 2.24) is 14.8 Å². The number of fused-ring (bicyclic) bond motifs is 1. The summed E-state index contributed by atoms with van der Waals surface area (Å²) in [5.74, 6) is 1.80. The van der Waals surface area contributed by atoms with Crippen molar-refractivity contribution < 1.29 is 14.3 Å². The number of carbonyl (C=O) groups excluding carboxylic acids is 1. The van der Waals surface area contributed by atoms with Gasteiger partial charge in [-0.15, -0.1) is 5.10 Å². The van der Waals surface area contributed by atoms with Crippen LogP contribution in [0.2, 0.25) is 0 Å². The van der Waals surface area contributed by atoms with E-state index in [1.165, 1.54) is 0 Å². The molecule has 196 valence electrons. The molecule has 1 aliphatic heterocycles. The van der Waals surface area contributed by atoms with Crippen LogP contribution in [0, 0.1) is 6.92 Å². The van der Waals surface area contributed by atoms with E-state index in [-0.39, 0.29) is 6.10 Å². The van der Waals surface area contributed by atoms with Crippen molar-refractivity contribution in [1.29, 1.82) is 0 Å². The summed E-state index contributed by atoms with van der Waals surface area (Å²) in [4.78, 5) is 18.1. The number of hydrogen-bond acceptors (Lipinski definition) is 7. The first-order valence-electron chi connectivity index (χ1n) is 12.5. The maximum Gasteiger partial charge on any atom is 0.338 e. The zero-order valence-electron chi connectivity index (χ0n) is 21.9. The van der Waals surface area contributed by atoms with E-state index in [0.29, 0.717) is 34.7 Å². The van der Waals surface area contributed by atoms with Crippen molar-refractivity contribution >= 4 is 39.6 Å². The summed E-state index contributed by atoms with van der Waals surface area (Å²) in [5, 5.41) is 8.77. The number of rotatable bonds is 10. The van der Waals surface area contributed by atoms with Gasteiger partial charge in [-0.05, 0) is 63.4 Å². The molecule has 1 unspecified atom stereocenters. The lowest BCUT2D eigenvalue weighted by Crippen LogP contribution is -2.31. The van der Waals surface area contributed by atoms with Gasteiger partial charge in [0.15, 0.2) is 0 Å². The number of nitrogens with one attached hydrogen (secondary N) is 1. The maximum absolute atomic E-state index is 13.4. The second-order valence-corrected chi connectivity index (χ2v) is 11.3. The van der Waals surface area contributed by atoms with Gasteiger partial charge in [0.1, 0.15) is 18.4 Å². The Morgan fingerprint density at radius 1 is 1.22 bits per heavy atom. The van der Waals surface area contributed by atoms with Crippen LogP contribution in [0.25, 0.3) is 0 Å². The summed E-state index contributed by atoms with van der Waals surface area (Å²) in [6.07, 6.45) is 1.93. The van der Waals surface area contributed by atoms with E-state index in [4.69, 9.17) is 19.6 Å². The Labute approximate surface area is 231 Å². The number of aryl methyl sites for hydroxylation is 1. The molecule has 2 aromatic carbocycles. The van der Waals surface area contributed by atoms with Gasteiger partial charge < -0.3 is 14.8 Å². The minimum atomic E-state index is -0.570. The molecule has 0 aliphatic carbocycles. The van der Waals surface area contributed by atoms with Crippen LogP contribution in [-0.4, -0.2) is 32.6 Å². The average Bonchev–Trinajstić information content (AvgIpc) is 3.25. The highest BCUT2D eigenvalue weighted by molar-refractivity contribution is 9.10. The molecule has 0 radical (unpaired) electrons. The van der Waals surface area contributed by atoms with E-state index in [1.807, 2.05) is 51.1 Å². The Morgan fingerprint density at radius 2 is 2.00 bits per heavy atom. The van der Waals surface area contributed by atoms with Crippen molar-refractivity contribution in [2.24, 2.45) is 0 Å². The third-order valence-electron chi connectivity index (χ3n) is 6.04. The maximum atomic E-state index is 13.4. The molecule has 1 aliphatic rings. The minimum Gasteiger partial charge on any atom is -0.489 e. The summed E-state index contributed by atoms with van der Waals surface area (Å²) in [5.41, 5.74) is 4.23. The molecule has 37 heavy (non-hydrogen) atoms. The highest BCUT2D eigenvalue weighted by atomic mass is 79.9. The molecule has 1 N–H and O–H groups in total. The Kier molecular flexibility index (Phi) is 8.97. The van der Waals surface area contributed by atoms with E-state index in [0.717, 1.165) is 39.8 Å². The molecule has 0 fully saturated rings. The van der Waals surface area contributed by atoms with Gasteiger partial charge >= 0.3 is 5.97 Å². The Hall–Kier alpha value is -2.78. The van der Waals surface area contributed by atoms with Crippen LogP contribution >= 0.6 is 27.7 Å². The predicted octanol–water partition coefficient (Wildman–Crippen LogP) is 7.06. The number of allylic oxidation sites excluding steroid dienone is 1. The van der Waals surface area contributed by atoms with Gasteiger partial charge in [0.05, 0.1) is 11.7 Å². The van der Waals surface area contributed by atoms with Crippen LogP contribution in [0.1, 0.15) is 63.3 Å². The van der Waals surface area contributed by atoms with Crippen LogP contribution in [0.4, 0.5) is 5.95 Å². The number of anilines is 1. The second-order valence-electron chi connectivity index (χ2n) is 9.28. The van der Waals surface area contributed by atoms with E-state index < -0.39 is 12.0 Å². The number of unbranched alkanes of at least 4 members (excludes halogenated alkanes) is 1. The zero-order chi connectivity index (χ0) is 26.5. The molecule has 1 atom stereocenters. The fourth-order valence-electron chi connectivity index (χ4n) is 4.12. The highest BCUT2D eigenvalue weighted by Crippen LogP contribution is 2.41. The van der Waals surface area contributed by atoms with E-state index in [2.05, 4.69) is 47.2 Å². The van der Waals surface area contributed by atoms with Gasteiger partial charge in [0, 0.05) is 21.5 Å². The van der Waals surface area contributed by atoms with Crippen LogP contribution in [0.3, 0.4) is 0 Å². The second kappa shape index (κ2) is 12.2. The summed E-state index contributed by atoms with van der Waals surface area (Å²) < 4.78 is 14.7. The van der Waals surface area contributed by atoms with Gasteiger partial charge in [-0.25, -0.2) is 9.48 Å². The normalized spacial score (nSPS) is 14.9. The molecule has 3 aromatic rings. The molecule has 0 spiro atoms. The monoisotopic (exact) mass is 584 g/mol. The first-order valence-corrected chi connectivity index (χ1v) is 14.3. The van der Waals surface area contributed by atoms with E-state index >= 15 is 0 Å². The van der Waals surface area contributed by atoms with Crippen LogP contribution in [0.5, 0.6) is 5.75 Å². The fraction of sp³-hybridized carbons (Fsp3) is 0.393. The summed E-state index contributed by atoms with van der Waals surface area (Å²) in [6.45, 7) is 10.2.